The van der Waals surface area contributed by atoms with Crippen LogP contribution in [0.3, 0.4) is 0 Å². The summed E-state index contributed by atoms with van der Waals surface area (Å²) >= 11 is 6.20. The molecule has 23 heavy (non-hydrogen) atoms. The van der Waals surface area contributed by atoms with E-state index < -0.39 is 0 Å². The molecule has 0 radical (unpaired) electrons. The van der Waals surface area contributed by atoms with Crippen molar-refractivity contribution in [2.45, 2.75) is 0 Å². The molecule has 2 aromatic heterocycles. The molecular formula is C18H11ClN2O2. The van der Waals surface area contributed by atoms with Gasteiger partial charge in [0.05, 0.1) is 5.02 Å². The molecule has 0 aliphatic carbocycles. The fourth-order valence-electron chi connectivity index (χ4n) is 2.58. The summed E-state index contributed by atoms with van der Waals surface area (Å²) in [6.07, 6.45) is 1.78. The third-order valence-electron chi connectivity index (χ3n) is 3.71. The maximum absolute atomic E-state index is 9.29. The van der Waals surface area contributed by atoms with Gasteiger partial charge in [-0.15, -0.1) is 0 Å². The number of para-hydroxylation sites is 1. The van der Waals surface area contributed by atoms with Gasteiger partial charge in [-0.05, 0) is 23.6 Å². The molecule has 0 atom stereocenters. The van der Waals surface area contributed by atoms with Crippen molar-refractivity contribution in [3.8, 4) is 11.5 Å². The van der Waals surface area contributed by atoms with E-state index in [1.807, 2.05) is 30.3 Å². The Kier molecular flexibility index (Phi) is 3.24. The van der Waals surface area contributed by atoms with Gasteiger partial charge in [0, 0.05) is 23.0 Å². The third-order valence-corrected chi connectivity index (χ3v) is 4.01. The third kappa shape index (κ3) is 2.33. The topological polar surface area (TPSA) is 58.6 Å². The van der Waals surface area contributed by atoms with Crippen LogP contribution in [-0.2, 0) is 0 Å². The van der Waals surface area contributed by atoms with Crippen LogP contribution in [-0.4, -0.2) is 10.2 Å². The first-order chi connectivity index (χ1) is 11.3. The standard InChI is InChI=1S/C18H11ClN2O2/c19-14-7-3-6-13-15(21-22)9-17(23-18(13)14)16-8-11-4-1-2-5-12(11)10-20-16/h1-10,22H/b21-15-. The lowest BCUT2D eigenvalue weighted by molar-refractivity contribution is 0.302. The number of nitrogens with zero attached hydrogens (tertiary/aromatic N) is 2. The summed E-state index contributed by atoms with van der Waals surface area (Å²) in [5.41, 5.74) is 1.12. The Labute approximate surface area is 136 Å². The predicted molar refractivity (Wildman–Crippen MR) is 89.3 cm³/mol. The van der Waals surface area contributed by atoms with Gasteiger partial charge in [-0.3, -0.25) is 4.98 Å². The van der Waals surface area contributed by atoms with E-state index in [9.17, 15) is 5.21 Å². The van der Waals surface area contributed by atoms with Crippen molar-refractivity contribution in [1.29, 1.82) is 0 Å². The molecule has 0 amide bonds. The molecule has 0 aliphatic rings. The van der Waals surface area contributed by atoms with Crippen molar-refractivity contribution in [2.75, 3.05) is 0 Å². The minimum absolute atomic E-state index is 0.388. The lowest BCUT2D eigenvalue weighted by atomic mass is 10.1. The highest BCUT2D eigenvalue weighted by molar-refractivity contribution is 6.34. The zero-order valence-electron chi connectivity index (χ0n) is 11.9. The van der Waals surface area contributed by atoms with Crippen molar-refractivity contribution in [1.82, 2.24) is 4.98 Å². The van der Waals surface area contributed by atoms with Crippen LogP contribution in [0, 0.1) is 0 Å². The van der Waals surface area contributed by atoms with Crippen LogP contribution in [0.15, 0.2) is 70.4 Å². The number of pyridine rings is 1. The van der Waals surface area contributed by atoms with Crippen LogP contribution < -0.4 is 5.36 Å². The molecule has 0 saturated carbocycles. The summed E-state index contributed by atoms with van der Waals surface area (Å²) in [7, 11) is 0. The minimum atomic E-state index is 0.388. The van der Waals surface area contributed by atoms with Gasteiger partial charge in [0.25, 0.3) is 0 Å². The first-order valence-corrected chi connectivity index (χ1v) is 7.40. The average Bonchev–Trinajstić information content (AvgIpc) is 2.61. The average molecular weight is 323 g/mol. The molecule has 0 aliphatic heterocycles. The molecule has 0 spiro atoms. The normalized spacial score (nSPS) is 12.1. The Morgan fingerprint density at radius 2 is 1.83 bits per heavy atom. The van der Waals surface area contributed by atoms with E-state index in [0.717, 1.165) is 10.8 Å². The summed E-state index contributed by atoms with van der Waals surface area (Å²) in [5, 5.41) is 16.2. The summed E-state index contributed by atoms with van der Waals surface area (Å²) in [5.74, 6) is 0.490. The first kappa shape index (κ1) is 13.8. The van der Waals surface area contributed by atoms with Crippen LogP contribution in [0.2, 0.25) is 5.02 Å². The summed E-state index contributed by atoms with van der Waals surface area (Å²) in [6, 6.07) is 16.8. The van der Waals surface area contributed by atoms with Crippen LogP contribution >= 0.6 is 11.6 Å². The highest BCUT2D eigenvalue weighted by Crippen LogP contribution is 2.27. The van der Waals surface area contributed by atoms with Gasteiger partial charge in [0.2, 0.25) is 0 Å². The monoisotopic (exact) mass is 322 g/mol. The van der Waals surface area contributed by atoms with Crippen LogP contribution in [0.4, 0.5) is 0 Å². The van der Waals surface area contributed by atoms with Crippen molar-refractivity contribution >= 4 is 33.3 Å². The maximum Gasteiger partial charge on any atom is 0.155 e. The second-order valence-corrected chi connectivity index (χ2v) is 5.54. The molecule has 5 heteroatoms. The molecule has 2 heterocycles. The van der Waals surface area contributed by atoms with Crippen LogP contribution in [0.5, 0.6) is 0 Å². The number of rotatable bonds is 1. The lowest BCUT2D eigenvalue weighted by Crippen LogP contribution is -2.03. The highest BCUT2D eigenvalue weighted by Gasteiger charge is 2.10. The van der Waals surface area contributed by atoms with E-state index in [-0.39, 0.29) is 0 Å². The minimum Gasteiger partial charge on any atom is -0.453 e. The van der Waals surface area contributed by atoms with E-state index in [0.29, 0.717) is 32.8 Å². The van der Waals surface area contributed by atoms with Crippen molar-refractivity contribution in [3.05, 3.63) is 71.2 Å². The number of aromatic nitrogens is 1. The Morgan fingerprint density at radius 1 is 1.00 bits per heavy atom. The second kappa shape index (κ2) is 5.41. The number of halogens is 1. The van der Waals surface area contributed by atoms with Gasteiger partial charge in [-0.25, -0.2) is 0 Å². The van der Waals surface area contributed by atoms with Gasteiger partial charge >= 0.3 is 0 Å². The second-order valence-electron chi connectivity index (χ2n) is 5.13. The molecule has 4 nitrogen and oxygen atoms in total. The van der Waals surface area contributed by atoms with E-state index in [1.165, 1.54) is 0 Å². The van der Waals surface area contributed by atoms with E-state index >= 15 is 0 Å². The number of hydrogen-bond acceptors (Lipinski definition) is 4. The number of hydrogen-bond donors (Lipinski definition) is 1. The van der Waals surface area contributed by atoms with E-state index in [2.05, 4.69) is 10.1 Å². The van der Waals surface area contributed by atoms with Crippen LogP contribution in [0.25, 0.3) is 33.2 Å². The van der Waals surface area contributed by atoms with Crippen molar-refractivity contribution in [3.63, 3.8) is 0 Å². The summed E-state index contributed by atoms with van der Waals surface area (Å²) < 4.78 is 5.90. The first-order valence-electron chi connectivity index (χ1n) is 7.02. The smallest absolute Gasteiger partial charge is 0.155 e. The van der Waals surface area contributed by atoms with Gasteiger partial charge < -0.3 is 9.62 Å². The molecule has 0 unspecified atom stereocenters. The molecule has 112 valence electrons. The zero-order valence-corrected chi connectivity index (χ0v) is 12.7. The van der Waals surface area contributed by atoms with E-state index in [4.69, 9.17) is 16.0 Å². The molecule has 0 bridgehead atoms. The van der Waals surface area contributed by atoms with Crippen molar-refractivity contribution in [2.24, 2.45) is 5.16 Å². The highest BCUT2D eigenvalue weighted by atomic mass is 35.5. The zero-order chi connectivity index (χ0) is 15.8. The van der Waals surface area contributed by atoms with Gasteiger partial charge in [-0.2, -0.15) is 0 Å². The molecule has 2 aromatic carbocycles. The van der Waals surface area contributed by atoms with Gasteiger partial charge in [0.1, 0.15) is 11.1 Å². The van der Waals surface area contributed by atoms with Crippen LogP contribution in [0.1, 0.15) is 0 Å². The molecular weight excluding hydrogens is 312 g/mol. The lowest BCUT2D eigenvalue weighted by Gasteiger charge is -2.06. The molecule has 4 rings (SSSR count). The maximum atomic E-state index is 9.29. The number of benzene rings is 2. The molecule has 4 aromatic rings. The van der Waals surface area contributed by atoms with Gasteiger partial charge in [-0.1, -0.05) is 47.1 Å². The molecule has 0 saturated heterocycles. The Bertz CT molecular complexity index is 1100. The predicted octanol–water partition coefficient (Wildman–Crippen LogP) is 4.59. The molecule has 0 fully saturated rings. The SMILES string of the molecule is O/N=c1/cc(-c2cc3ccccc3cn2)oc2c(Cl)cccc12. The Balaban J connectivity index is 2.02. The summed E-state index contributed by atoms with van der Waals surface area (Å²) in [4.78, 5) is 4.43. The van der Waals surface area contributed by atoms with E-state index in [1.54, 1.807) is 30.5 Å². The summed E-state index contributed by atoms with van der Waals surface area (Å²) in [6.45, 7) is 0. The fraction of sp³-hybridized carbons (Fsp3) is 0. The molecule has 1 N–H and O–H groups in total. The quantitative estimate of drug-likeness (QED) is 0.412. The Morgan fingerprint density at radius 3 is 2.65 bits per heavy atom. The largest absolute Gasteiger partial charge is 0.453 e. The number of fused-ring (bicyclic) bond motifs is 2. The van der Waals surface area contributed by atoms with Gasteiger partial charge in [0.15, 0.2) is 11.3 Å². The fourth-order valence-corrected chi connectivity index (χ4v) is 2.80. The van der Waals surface area contributed by atoms with Crippen molar-refractivity contribution < 1.29 is 9.62 Å². The Hall–Kier alpha value is -2.85.